The van der Waals surface area contributed by atoms with Crippen LogP contribution in [0.4, 0.5) is 5.69 Å². The third-order valence-electron chi connectivity index (χ3n) is 6.66. The number of benzene rings is 2. The van der Waals surface area contributed by atoms with Crippen molar-refractivity contribution >= 4 is 15.7 Å². The van der Waals surface area contributed by atoms with Crippen LogP contribution < -0.4 is 4.72 Å². The van der Waals surface area contributed by atoms with Crippen LogP contribution in [0.15, 0.2) is 48.5 Å². The molecule has 1 saturated heterocycles. The second kappa shape index (κ2) is 6.64. The predicted octanol–water partition coefficient (Wildman–Crippen LogP) is 3.78. The van der Waals surface area contributed by atoms with Gasteiger partial charge in [0.2, 0.25) is 10.0 Å². The van der Waals surface area contributed by atoms with Gasteiger partial charge in [0.25, 0.3) is 0 Å². The van der Waals surface area contributed by atoms with Gasteiger partial charge < -0.3 is 0 Å². The summed E-state index contributed by atoms with van der Waals surface area (Å²) in [4.78, 5) is 2.63. The highest BCUT2D eigenvalue weighted by Crippen LogP contribution is 2.49. The van der Waals surface area contributed by atoms with E-state index in [0.717, 1.165) is 25.9 Å². The van der Waals surface area contributed by atoms with Gasteiger partial charge in [0.15, 0.2) is 0 Å². The van der Waals surface area contributed by atoms with E-state index in [-0.39, 0.29) is 5.41 Å². The zero-order valence-corrected chi connectivity index (χ0v) is 17.1. The second-order valence-corrected chi connectivity index (χ2v) is 10.2. The van der Waals surface area contributed by atoms with E-state index in [0.29, 0.717) is 17.6 Å². The standard InChI is InChI=1S/C22H28N2O2S/c1-16-21-13-18-9-10-19(23-27(3,25)26)14-20(18)22(16,2)11-12-24(21)15-17-7-5-4-6-8-17/h4-10,14,16,21,23H,11-13,15H2,1-3H3/t16-,21+,22+/m1/s1. The van der Waals surface area contributed by atoms with E-state index in [4.69, 9.17) is 0 Å². The van der Waals surface area contributed by atoms with Crippen molar-refractivity contribution in [3.05, 3.63) is 65.2 Å². The third-order valence-corrected chi connectivity index (χ3v) is 7.26. The molecule has 2 aromatic carbocycles. The molecule has 1 aliphatic carbocycles. The molecule has 0 saturated carbocycles. The Kier molecular flexibility index (Phi) is 4.55. The van der Waals surface area contributed by atoms with Crippen molar-refractivity contribution in [2.45, 2.75) is 44.7 Å². The van der Waals surface area contributed by atoms with Crippen LogP contribution in [0.5, 0.6) is 0 Å². The molecule has 4 rings (SSSR count). The molecule has 1 aliphatic heterocycles. The van der Waals surface area contributed by atoms with Crippen molar-refractivity contribution in [3.63, 3.8) is 0 Å². The lowest BCUT2D eigenvalue weighted by molar-refractivity contribution is 0.0259. The number of sulfonamides is 1. The number of likely N-dealkylation sites (tertiary alicyclic amines) is 1. The van der Waals surface area contributed by atoms with E-state index < -0.39 is 10.0 Å². The Bertz CT molecular complexity index is 942. The number of nitrogens with one attached hydrogen (secondary N) is 1. The Morgan fingerprint density at radius 3 is 2.63 bits per heavy atom. The molecule has 2 bridgehead atoms. The first-order valence-electron chi connectivity index (χ1n) is 9.65. The van der Waals surface area contributed by atoms with Crippen molar-refractivity contribution < 1.29 is 8.42 Å². The lowest BCUT2D eigenvalue weighted by Crippen LogP contribution is -2.57. The number of hydrogen-bond donors (Lipinski definition) is 1. The number of anilines is 1. The number of hydrogen-bond acceptors (Lipinski definition) is 3. The second-order valence-electron chi connectivity index (χ2n) is 8.43. The maximum absolute atomic E-state index is 11.6. The first-order valence-corrected chi connectivity index (χ1v) is 11.5. The molecule has 5 heteroatoms. The molecule has 0 amide bonds. The molecular weight excluding hydrogens is 356 g/mol. The molecule has 1 heterocycles. The van der Waals surface area contributed by atoms with Crippen LogP contribution in [0.1, 0.15) is 37.0 Å². The lowest BCUT2D eigenvalue weighted by Gasteiger charge is -2.54. The molecule has 27 heavy (non-hydrogen) atoms. The van der Waals surface area contributed by atoms with Crippen LogP contribution >= 0.6 is 0 Å². The maximum Gasteiger partial charge on any atom is 0.229 e. The summed E-state index contributed by atoms with van der Waals surface area (Å²) in [7, 11) is -3.26. The fourth-order valence-electron chi connectivity index (χ4n) is 5.00. The van der Waals surface area contributed by atoms with Gasteiger partial charge in [-0.15, -0.1) is 0 Å². The molecule has 4 nitrogen and oxygen atoms in total. The van der Waals surface area contributed by atoms with Gasteiger partial charge in [0, 0.05) is 18.3 Å². The van der Waals surface area contributed by atoms with Crippen molar-refractivity contribution in [1.82, 2.24) is 4.90 Å². The van der Waals surface area contributed by atoms with Crippen LogP contribution in [-0.4, -0.2) is 32.2 Å². The zero-order chi connectivity index (χ0) is 19.2. The van der Waals surface area contributed by atoms with Gasteiger partial charge in [0.1, 0.15) is 0 Å². The van der Waals surface area contributed by atoms with Gasteiger partial charge in [-0.1, -0.05) is 50.2 Å². The van der Waals surface area contributed by atoms with E-state index in [1.807, 2.05) is 6.07 Å². The summed E-state index contributed by atoms with van der Waals surface area (Å²) in [6.07, 6.45) is 3.32. The summed E-state index contributed by atoms with van der Waals surface area (Å²) in [5.41, 5.74) is 4.80. The van der Waals surface area contributed by atoms with Crippen LogP contribution in [0, 0.1) is 5.92 Å². The van der Waals surface area contributed by atoms with Crippen LogP contribution in [0.2, 0.25) is 0 Å². The molecule has 2 aromatic rings. The third kappa shape index (κ3) is 3.50. The largest absolute Gasteiger partial charge is 0.295 e. The van der Waals surface area contributed by atoms with Gasteiger partial charge >= 0.3 is 0 Å². The Morgan fingerprint density at radius 1 is 1.19 bits per heavy atom. The van der Waals surface area contributed by atoms with Gasteiger partial charge in [-0.05, 0) is 59.5 Å². The van der Waals surface area contributed by atoms with Crippen molar-refractivity contribution in [2.75, 3.05) is 17.5 Å². The van der Waals surface area contributed by atoms with Gasteiger partial charge in [0.05, 0.1) is 6.26 Å². The summed E-state index contributed by atoms with van der Waals surface area (Å²) >= 11 is 0. The van der Waals surface area contributed by atoms with E-state index in [9.17, 15) is 8.42 Å². The maximum atomic E-state index is 11.6. The SMILES string of the molecule is C[C@@H]1[C@@H]2Cc3ccc(NS(C)(=O)=O)cc3[C@@]1(C)CCN2Cc1ccccc1. The molecule has 1 N–H and O–H groups in total. The van der Waals surface area contributed by atoms with E-state index >= 15 is 0 Å². The summed E-state index contributed by atoms with van der Waals surface area (Å²) < 4.78 is 25.9. The fraction of sp³-hybridized carbons (Fsp3) is 0.455. The number of rotatable bonds is 4. The highest BCUT2D eigenvalue weighted by Gasteiger charge is 2.48. The molecular formula is C22H28N2O2S. The van der Waals surface area contributed by atoms with Gasteiger partial charge in [-0.2, -0.15) is 0 Å². The number of piperidine rings is 1. The molecule has 0 aromatic heterocycles. The summed E-state index contributed by atoms with van der Waals surface area (Å²) in [6.45, 7) is 6.78. The Balaban J connectivity index is 1.65. The molecule has 0 spiro atoms. The molecule has 2 aliphatic rings. The monoisotopic (exact) mass is 384 g/mol. The first kappa shape index (κ1) is 18.5. The van der Waals surface area contributed by atoms with Crippen molar-refractivity contribution in [1.29, 1.82) is 0 Å². The topological polar surface area (TPSA) is 49.4 Å². The Labute approximate surface area is 162 Å². The molecule has 3 atom stereocenters. The van der Waals surface area contributed by atoms with Crippen LogP contribution in [0.25, 0.3) is 0 Å². The molecule has 1 fully saturated rings. The average Bonchev–Trinajstić information content (AvgIpc) is 2.61. The van der Waals surface area contributed by atoms with Crippen LogP contribution in [0.3, 0.4) is 0 Å². The average molecular weight is 385 g/mol. The first-order chi connectivity index (χ1) is 12.8. The normalized spacial score (nSPS) is 27.8. The van der Waals surface area contributed by atoms with Gasteiger partial charge in [-0.25, -0.2) is 8.42 Å². The summed E-state index contributed by atoms with van der Waals surface area (Å²) in [5, 5.41) is 0. The molecule has 0 unspecified atom stereocenters. The lowest BCUT2D eigenvalue weighted by atomic mass is 9.59. The summed E-state index contributed by atoms with van der Waals surface area (Å²) in [5.74, 6) is 0.524. The minimum atomic E-state index is -3.26. The molecule has 144 valence electrons. The smallest absolute Gasteiger partial charge is 0.229 e. The highest BCUT2D eigenvalue weighted by atomic mass is 32.2. The fourth-order valence-corrected chi connectivity index (χ4v) is 5.55. The van der Waals surface area contributed by atoms with Crippen molar-refractivity contribution in [3.8, 4) is 0 Å². The van der Waals surface area contributed by atoms with Crippen molar-refractivity contribution in [2.24, 2.45) is 5.92 Å². The zero-order valence-electron chi connectivity index (χ0n) is 16.3. The summed E-state index contributed by atoms with van der Waals surface area (Å²) in [6, 6.07) is 17.3. The van der Waals surface area contributed by atoms with E-state index in [2.05, 4.69) is 65.9 Å². The predicted molar refractivity (Wildman–Crippen MR) is 110 cm³/mol. The van der Waals surface area contributed by atoms with Crippen LogP contribution in [-0.2, 0) is 28.4 Å². The Hall–Kier alpha value is -1.85. The minimum absolute atomic E-state index is 0.0840. The number of nitrogens with zero attached hydrogens (tertiary/aromatic N) is 1. The Morgan fingerprint density at radius 2 is 1.93 bits per heavy atom. The van der Waals surface area contributed by atoms with E-state index in [1.165, 1.54) is 22.9 Å². The number of fused-ring (bicyclic) bond motifs is 4. The highest BCUT2D eigenvalue weighted by molar-refractivity contribution is 7.92. The molecule has 0 radical (unpaired) electrons. The van der Waals surface area contributed by atoms with E-state index in [1.54, 1.807) is 0 Å². The van der Waals surface area contributed by atoms with Gasteiger partial charge in [-0.3, -0.25) is 9.62 Å². The minimum Gasteiger partial charge on any atom is -0.295 e. The quantitative estimate of drug-likeness (QED) is 0.873.